The first-order valence-corrected chi connectivity index (χ1v) is 5.99. The third kappa shape index (κ3) is 2.98. The molecule has 102 valence electrons. The third-order valence-corrected chi connectivity index (χ3v) is 2.83. The molecule has 0 fully saturated rings. The van der Waals surface area contributed by atoms with Gasteiger partial charge in [-0.05, 0) is 29.3 Å². The van der Waals surface area contributed by atoms with E-state index in [1.807, 2.05) is 6.07 Å². The summed E-state index contributed by atoms with van der Waals surface area (Å²) in [6.07, 6.45) is 1.54. The second-order valence-corrected chi connectivity index (χ2v) is 4.16. The van der Waals surface area contributed by atoms with Gasteiger partial charge in [-0.25, -0.2) is 4.79 Å². The Balaban J connectivity index is 2.47. The van der Waals surface area contributed by atoms with Crippen LogP contribution < -0.4 is 4.74 Å². The summed E-state index contributed by atoms with van der Waals surface area (Å²) in [5.74, 6) is -0.693. The first kappa shape index (κ1) is 13.7. The highest BCUT2D eigenvalue weighted by atomic mass is 16.5. The zero-order valence-electron chi connectivity index (χ0n) is 10.9. The molecule has 2 aromatic rings. The smallest absolute Gasteiger partial charge is 0.336 e. The number of ether oxygens (including phenoxy) is 1. The molecule has 4 heteroatoms. The van der Waals surface area contributed by atoms with Crippen LogP contribution in [0.5, 0.6) is 11.5 Å². The van der Waals surface area contributed by atoms with Gasteiger partial charge in [-0.2, -0.15) is 0 Å². The quantitative estimate of drug-likeness (QED) is 0.662. The Morgan fingerprint density at radius 1 is 1.15 bits per heavy atom. The Labute approximate surface area is 116 Å². The number of phenolic OH excluding ortho intramolecular Hbond substituents is 1. The maximum Gasteiger partial charge on any atom is 0.336 e. The minimum Gasteiger partial charge on any atom is -0.504 e. The van der Waals surface area contributed by atoms with Gasteiger partial charge < -0.3 is 14.9 Å². The fourth-order valence-electron chi connectivity index (χ4n) is 1.84. The Kier molecular flexibility index (Phi) is 4.05. The molecule has 0 bridgehead atoms. The number of benzene rings is 2. The normalized spacial score (nSPS) is 11.2. The molecule has 0 saturated heterocycles. The first-order valence-electron chi connectivity index (χ1n) is 5.99. The number of carboxylic acid groups (broad SMARTS) is 1. The summed E-state index contributed by atoms with van der Waals surface area (Å²) >= 11 is 0. The molecule has 0 aromatic heterocycles. The molecule has 2 aromatic carbocycles. The van der Waals surface area contributed by atoms with Crippen LogP contribution in [0.2, 0.25) is 0 Å². The zero-order valence-corrected chi connectivity index (χ0v) is 10.9. The van der Waals surface area contributed by atoms with Crippen LogP contribution in [0, 0.1) is 0 Å². The molecule has 2 rings (SSSR count). The topological polar surface area (TPSA) is 66.8 Å². The summed E-state index contributed by atoms with van der Waals surface area (Å²) in [6.45, 7) is 0. The van der Waals surface area contributed by atoms with E-state index in [0.29, 0.717) is 16.9 Å². The minimum absolute atomic E-state index is 0.0150. The van der Waals surface area contributed by atoms with Crippen LogP contribution in [-0.2, 0) is 4.79 Å². The van der Waals surface area contributed by atoms with E-state index in [-0.39, 0.29) is 11.3 Å². The monoisotopic (exact) mass is 270 g/mol. The van der Waals surface area contributed by atoms with E-state index in [1.54, 1.807) is 42.5 Å². The maximum atomic E-state index is 11.4. The van der Waals surface area contributed by atoms with Crippen LogP contribution in [0.3, 0.4) is 0 Å². The molecule has 4 nitrogen and oxygen atoms in total. The van der Waals surface area contributed by atoms with E-state index in [0.717, 1.165) is 0 Å². The van der Waals surface area contributed by atoms with Crippen molar-refractivity contribution < 1.29 is 19.7 Å². The average molecular weight is 270 g/mol. The Hall–Kier alpha value is -2.75. The van der Waals surface area contributed by atoms with Crippen LogP contribution in [0.25, 0.3) is 11.6 Å². The van der Waals surface area contributed by atoms with Crippen LogP contribution in [0.1, 0.15) is 11.1 Å². The van der Waals surface area contributed by atoms with Gasteiger partial charge in [0.25, 0.3) is 0 Å². The lowest BCUT2D eigenvalue weighted by Gasteiger charge is -2.06. The van der Waals surface area contributed by atoms with E-state index in [4.69, 9.17) is 4.74 Å². The first-order chi connectivity index (χ1) is 9.61. The second kappa shape index (κ2) is 5.93. The average Bonchev–Trinajstić information content (AvgIpc) is 2.47. The molecule has 20 heavy (non-hydrogen) atoms. The molecule has 0 amide bonds. The number of aromatic hydroxyl groups is 1. The van der Waals surface area contributed by atoms with E-state index < -0.39 is 5.97 Å². The number of carbonyl (C=O) groups is 1. The van der Waals surface area contributed by atoms with E-state index in [1.165, 1.54) is 13.2 Å². The highest BCUT2D eigenvalue weighted by molar-refractivity contribution is 6.20. The lowest BCUT2D eigenvalue weighted by molar-refractivity contribution is -0.130. The number of phenols is 1. The predicted octanol–water partition coefficient (Wildman–Crippen LogP) is 3.03. The molecule has 0 atom stereocenters. The SMILES string of the molecule is COc1cc(/C=C(\C(=O)O)c2ccccc2)ccc1O. The molecule has 0 spiro atoms. The van der Waals surface area contributed by atoms with Crippen LogP contribution in [0.4, 0.5) is 0 Å². The van der Waals surface area contributed by atoms with Crippen molar-refractivity contribution in [3.63, 3.8) is 0 Å². The summed E-state index contributed by atoms with van der Waals surface area (Å²) in [5, 5.41) is 18.9. The van der Waals surface area contributed by atoms with Crippen molar-refractivity contribution in [2.24, 2.45) is 0 Å². The van der Waals surface area contributed by atoms with Crippen molar-refractivity contribution >= 4 is 17.6 Å². The van der Waals surface area contributed by atoms with Crippen molar-refractivity contribution in [2.75, 3.05) is 7.11 Å². The molecular formula is C16H14O4. The molecule has 0 aliphatic rings. The summed E-state index contributed by atoms with van der Waals surface area (Å²) in [6, 6.07) is 13.5. The molecule has 0 saturated carbocycles. The third-order valence-electron chi connectivity index (χ3n) is 2.83. The standard InChI is InChI=1S/C16H14O4/c1-20-15-10-11(7-8-14(15)17)9-13(16(18)19)12-5-3-2-4-6-12/h2-10,17H,1H3,(H,18,19)/b13-9-. The molecule has 0 aliphatic heterocycles. The van der Waals surface area contributed by atoms with Crippen LogP contribution in [0.15, 0.2) is 48.5 Å². The molecule has 0 unspecified atom stereocenters. The van der Waals surface area contributed by atoms with Crippen molar-refractivity contribution in [1.82, 2.24) is 0 Å². The van der Waals surface area contributed by atoms with Gasteiger partial charge in [0.05, 0.1) is 12.7 Å². The summed E-state index contributed by atoms with van der Waals surface area (Å²) < 4.78 is 5.01. The van der Waals surface area contributed by atoms with Gasteiger partial charge in [0.2, 0.25) is 0 Å². The lowest BCUT2D eigenvalue weighted by atomic mass is 10.0. The number of aliphatic carboxylic acids is 1. The van der Waals surface area contributed by atoms with Gasteiger partial charge in [-0.3, -0.25) is 0 Å². The van der Waals surface area contributed by atoms with E-state index >= 15 is 0 Å². The summed E-state index contributed by atoms with van der Waals surface area (Å²) in [7, 11) is 1.44. The van der Waals surface area contributed by atoms with Gasteiger partial charge in [-0.1, -0.05) is 36.4 Å². The number of hydrogen-bond donors (Lipinski definition) is 2. The van der Waals surface area contributed by atoms with Crippen molar-refractivity contribution in [2.45, 2.75) is 0 Å². The van der Waals surface area contributed by atoms with Gasteiger partial charge in [0, 0.05) is 0 Å². The van der Waals surface area contributed by atoms with Gasteiger partial charge in [0.15, 0.2) is 11.5 Å². The van der Waals surface area contributed by atoms with Crippen molar-refractivity contribution in [3.8, 4) is 11.5 Å². The summed E-state index contributed by atoms with van der Waals surface area (Å²) in [5.41, 5.74) is 1.44. The second-order valence-electron chi connectivity index (χ2n) is 4.16. The molecular weight excluding hydrogens is 256 g/mol. The number of carboxylic acids is 1. The molecule has 2 N–H and O–H groups in total. The maximum absolute atomic E-state index is 11.4. The van der Waals surface area contributed by atoms with Gasteiger partial charge in [0.1, 0.15) is 0 Å². The zero-order chi connectivity index (χ0) is 14.5. The molecule has 0 aliphatic carbocycles. The fraction of sp³-hybridized carbons (Fsp3) is 0.0625. The van der Waals surface area contributed by atoms with E-state index in [9.17, 15) is 15.0 Å². The van der Waals surface area contributed by atoms with Gasteiger partial charge in [-0.15, -0.1) is 0 Å². The number of hydrogen-bond acceptors (Lipinski definition) is 3. The van der Waals surface area contributed by atoms with Crippen molar-refractivity contribution in [3.05, 3.63) is 59.7 Å². The summed E-state index contributed by atoms with van der Waals surface area (Å²) in [4.78, 5) is 11.4. The predicted molar refractivity (Wildman–Crippen MR) is 76.6 cm³/mol. The Morgan fingerprint density at radius 3 is 2.45 bits per heavy atom. The highest BCUT2D eigenvalue weighted by Crippen LogP contribution is 2.28. The Morgan fingerprint density at radius 2 is 1.85 bits per heavy atom. The molecule has 0 radical (unpaired) electrons. The lowest BCUT2D eigenvalue weighted by Crippen LogP contribution is -1.99. The number of rotatable bonds is 4. The minimum atomic E-state index is -1.01. The fourth-order valence-corrected chi connectivity index (χ4v) is 1.84. The van der Waals surface area contributed by atoms with Crippen LogP contribution in [-0.4, -0.2) is 23.3 Å². The van der Waals surface area contributed by atoms with Gasteiger partial charge >= 0.3 is 5.97 Å². The highest BCUT2D eigenvalue weighted by Gasteiger charge is 2.10. The van der Waals surface area contributed by atoms with Crippen molar-refractivity contribution in [1.29, 1.82) is 0 Å². The van der Waals surface area contributed by atoms with Crippen LogP contribution >= 0.6 is 0 Å². The largest absolute Gasteiger partial charge is 0.504 e. The Bertz CT molecular complexity index is 645. The number of methoxy groups -OCH3 is 1. The molecule has 0 heterocycles. The van der Waals surface area contributed by atoms with E-state index in [2.05, 4.69) is 0 Å².